The SMILES string of the molecule is O=c1oc2ccc(Br)cc2cc1-c1nc2ccc([N+](=O)[O-])cc2[nH]1. The summed E-state index contributed by atoms with van der Waals surface area (Å²) >= 11 is 3.37. The van der Waals surface area contributed by atoms with Crippen LogP contribution in [0, 0.1) is 10.1 Å². The van der Waals surface area contributed by atoms with Gasteiger partial charge in [0.15, 0.2) is 0 Å². The van der Waals surface area contributed by atoms with Gasteiger partial charge in [-0.15, -0.1) is 0 Å². The van der Waals surface area contributed by atoms with Crippen molar-refractivity contribution in [2.75, 3.05) is 0 Å². The minimum absolute atomic E-state index is 0.0489. The van der Waals surface area contributed by atoms with Crippen molar-refractivity contribution in [3.8, 4) is 11.4 Å². The van der Waals surface area contributed by atoms with E-state index >= 15 is 0 Å². The molecule has 2 aromatic carbocycles. The van der Waals surface area contributed by atoms with E-state index in [4.69, 9.17) is 4.42 Å². The van der Waals surface area contributed by atoms with E-state index in [9.17, 15) is 14.9 Å². The lowest BCUT2D eigenvalue weighted by molar-refractivity contribution is -0.384. The van der Waals surface area contributed by atoms with Crippen LogP contribution in [0.2, 0.25) is 0 Å². The van der Waals surface area contributed by atoms with E-state index in [1.54, 1.807) is 18.2 Å². The summed E-state index contributed by atoms with van der Waals surface area (Å²) in [6, 6.07) is 11.3. The summed E-state index contributed by atoms with van der Waals surface area (Å²) < 4.78 is 6.17. The van der Waals surface area contributed by atoms with Crippen molar-refractivity contribution in [1.29, 1.82) is 0 Å². The average molecular weight is 386 g/mol. The fourth-order valence-corrected chi connectivity index (χ4v) is 2.88. The third-order valence-corrected chi connectivity index (χ3v) is 4.12. The smallest absolute Gasteiger partial charge is 0.347 e. The molecule has 0 bridgehead atoms. The van der Waals surface area contributed by atoms with Crippen LogP contribution in [0.3, 0.4) is 0 Å². The Morgan fingerprint density at radius 1 is 1.17 bits per heavy atom. The second-order valence-corrected chi connectivity index (χ2v) is 6.09. The maximum atomic E-state index is 12.2. The molecule has 1 N–H and O–H groups in total. The van der Waals surface area contributed by atoms with Crippen molar-refractivity contribution in [1.82, 2.24) is 9.97 Å². The van der Waals surface area contributed by atoms with Crippen LogP contribution in [0.25, 0.3) is 33.4 Å². The first kappa shape index (κ1) is 14.6. The van der Waals surface area contributed by atoms with E-state index in [2.05, 4.69) is 25.9 Å². The van der Waals surface area contributed by atoms with Gasteiger partial charge >= 0.3 is 5.63 Å². The van der Waals surface area contributed by atoms with Crippen LogP contribution in [0.5, 0.6) is 0 Å². The van der Waals surface area contributed by atoms with Gasteiger partial charge in [-0.25, -0.2) is 9.78 Å². The van der Waals surface area contributed by atoms with E-state index in [1.807, 2.05) is 6.07 Å². The van der Waals surface area contributed by atoms with E-state index in [0.29, 0.717) is 22.4 Å². The Kier molecular flexibility index (Phi) is 3.20. The number of nitrogens with one attached hydrogen (secondary N) is 1. The fraction of sp³-hybridized carbons (Fsp3) is 0. The molecule has 2 heterocycles. The number of halogens is 1. The Morgan fingerprint density at radius 3 is 2.79 bits per heavy atom. The minimum Gasteiger partial charge on any atom is -0.422 e. The molecule has 4 aromatic rings. The molecule has 0 aliphatic rings. The molecule has 4 rings (SSSR count). The van der Waals surface area contributed by atoms with Crippen LogP contribution >= 0.6 is 15.9 Å². The molecule has 118 valence electrons. The summed E-state index contributed by atoms with van der Waals surface area (Å²) in [4.78, 5) is 29.9. The average Bonchev–Trinajstić information content (AvgIpc) is 2.97. The molecule has 24 heavy (non-hydrogen) atoms. The second-order valence-electron chi connectivity index (χ2n) is 5.17. The number of hydrogen-bond acceptors (Lipinski definition) is 5. The van der Waals surface area contributed by atoms with E-state index in [1.165, 1.54) is 18.2 Å². The largest absolute Gasteiger partial charge is 0.422 e. The molecule has 8 heteroatoms. The number of hydrogen-bond donors (Lipinski definition) is 1. The van der Waals surface area contributed by atoms with E-state index < -0.39 is 10.5 Å². The van der Waals surface area contributed by atoms with Crippen LogP contribution in [0.15, 0.2) is 56.1 Å². The van der Waals surface area contributed by atoms with Crippen molar-refractivity contribution in [2.24, 2.45) is 0 Å². The predicted molar refractivity (Wildman–Crippen MR) is 91.9 cm³/mol. The van der Waals surface area contributed by atoms with Gasteiger partial charge in [0.05, 0.1) is 16.0 Å². The third-order valence-electron chi connectivity index (χ3n) is 3.63. The Labute approximate surface area is 142 Å². The Morgan fingerprint density at radius 2 is 2.00 bits per heavy atom. The van der Waals surface area contributed by atoms with E-state index in [0.717, 1.165) is 9.86 Å². The maximum absolute atomic E-state index is 12.2. The number of aromatic amines is 1. The Hall–Kier alpha value is -3.00. The molecule has 0 saturated heterocycles. The fourth-order valence-electron chi connectivity index (χ4n) is 2.50. The van der Waals surface area contributed by atoms with Gasteiger partial charge in [0.25, 0.3) is 5.69 Å². The quantitative estimate of drug-likeness (QED) is 0.319. The van der Waals surface area contributed by atoms with Gasteiger partial charge in [-0.3, -0.25) is 10.1 Å². The van der Waals surface area contributed by atoms with Gasteiger partial charge in [-0.1, -0.05) is 15.9 Å². The minimum atomic E-state index is -0.529. The number of fused-ring (bicyclic) bond motifs is 2. The molecule has 0 fully saturated rings. The topological polar surface area (TPSA) is 102 Å². The summed E-state index contributed by atoms with van der Waals surface area (Å²) in [5.74, 6) is 0.307. The molecule has 0 aliphatic heterocycles. The van der Waals surface area contributed by atoms with Crippen LogP contribution < -0.4 is 5.63 Å². The number of nitrogens with zero attached hydrogens (tertiary/aromatic N) is 2. The monoisotopic (exact) mass is 385 g/mol. The molecule has 7 nitrogen and oxygen atoms in total. The van der Waals surface area contributed by atoms with Gasteiger partial charge in [0.2, 0.25) is 0 Å². The second kappa shape index (κ2) is 5.27. The molecular weight excluding hydrogens is 378 g/mol. The summed E-state index contributed by atoms with van der Waals surface area (Å²) in [5, 5.41) is 11.6. The van der Waals surface area contributed by atoms with Gasteiger partial charge in [-0.2, -0.15) is 0 Å². The molecular formula is C16H8BrN3O4. The van der Waals surface area contributed by atoms with Gasteiger partial charge in [0, 0.05) is 22.0 Å². The van der Waals surface area contributed by atoms with Crippen molar-refractivity contribution < 1.29 is 9.34 Å². The number of H-pyrrole nitrogens is 1. The first-order valence-electron chi connectivity index (χ1n) is 6.89. The first-order chi connectivity index (χ1) is 11.5. The number of benzene rings is 2. The van der Waals surface area contributed by atoms with Gasteiger partial charge in [-0.05, 0) is 30.3 Å². The molecule has 0 unspecified atom stereocenters. The molecule has 0 aliphatic carbocycles. The zero-order chi connectivity index (χ0) is 16.8. The number of nitro benzene ring substituents is 1. The zero-order valence-electron chi connectivity index (χ0n) is 11.9. The van der Waals surface area contributed by atoms with Crippen LogP contribution in [0.4, 0.5) is 5.69 Å². The summed E-state index contributed by atoms with van der Waals surface area (Å²) in [7, 11) is 0. The Balaban J connectivity index is 1.93. The lowest BCUT2D eigenvalue weighted by Gasteiger charge is -2.00. The highest BCUT2D eigenvalue weighted by atomic mass is 79.9. The number of non-ortho nitro benzene ring substituents is 1. The molecule has 0 amide bonds. The normalized spacial score (nSPS) is 11.2. The summed E-state index contributed by atoms with van der Waals surface area (Å²) in [6.45, 7) is 0. The molecule has 0 saturated carbocycles. The lowest BCUT2D eigenvalue weighted by Crippen LogP contribution is -2.03. The molecule has 0 atom stereocenters. The third kappa shape index (κ3) is 2.37. The summed E-state index contributed by atoms with van der Waals surface area (Å²) in [5.41, 5.74) is 1.17. The first-order valence-corrected chi connectivity index (χ1v) is 7.68. The molecule has 0 spiro atoms. The standard InChI is InChI=1S/C16H8BrN3O4/c17-9-1-4-14-8(5-9)6-11(16(21)24-14)15-18-12-3-2-10(20(22)23)7-13(12)19-15/h1-7H,(H,18,19). The highest BCUT2D eigenvalue weighted by Gasteiger charge is 2.14. The van der Waals surface area contributed by atoms with Crippen molar-refractivity contribution in [3.63, 3.8) is 0 Å². The predicted octanol–water partition coefficient (Wildman–Crippen LogP) is 4.01. The van der Waals surface area contributed by atoms with Crippen molar-refractivity contribution in [2.45, 2.75) is 0 Å². The summed E-state index contributed by atoms with van der Waals surface area (Å²) in [6.07, 6.45) is 0. The van der Waals surface area contributed by atoms with Gasteiger partial charge in [0.1, 0.15) is 17.0 Å². The van der Waals surface area contributed by atoms with Crippen molar-refractivity contribution >= 4 is 43.6 Å². The number of nitro groups is 1. The molecule has 0 radical (unpaired) electrons. The van der Waals surface area contributed by atoms with Crippen molar-refractivity contribution in [3.05, 3.63) is 67.5 Å². The Bertz CT molecular complexity index is 1180. The van der Waals surface area contributed by atoms with Gasteiger partial charge < -0.3 is 9.40 Å². The van der Waals surface area contributed by atoms with Crippen LogP contribution in [-0.4, -0.2) is 14.9 Å². The van der Waals surface area contributed by atoms with E-state index in [-0.39, 0.29) is 11.3 Å². The molecule has 2 aromatic heterocycles. The number of aromatic nitrogens is 2. The zero-order valence-corrected chi connectivity index (χ0v) is 13.5. The number of rotatable bonds is 2. The van der Waals surface area contributed by atoms with Crippen LogP contribution in [-0.2, 0) is 0 Å². The highest BCUT2D eigenvalue weighted by molar-refractivity contribution is 9.10. The highest BCUT2D eigenvalue weighted by Crippen LogP contribution is 2.25. The maximum Gasteiger partial charge on any atom is 0.347 e. The lowest BCUT2D eigenvalue weighted by atomic mass is 10.2. The van der Waals surface area contributed by atoms with Crippen LogP contribution in [0.1, 0.15) is 0 Å². The number of imidazole rings is 1.